The van der Waals surface area contributed by atoms with Gasteiger partial charge in [0.2, 0.25) is 0 Å². The summed E-state index contributed by atoms with van der Waals surface area (Å²) in [5, 5.41) is 0. The zero-order valence-corrected chi connectivity index (χ0v) is 11.0. The van der Waals surface area contributed by atoms with Crippen molar-refractivity contribution in [3.05, 3.63) is 72.5 Å². The third kappa shape index (κ3) is 2.19. The van der Waals surface area contributed by atoms with Gasteiger partial charge in [-0.05, 0) is 17.5 Å². The molecule has 0 bridgehead atoms. The molecule has 0 N–H and O–H groups in total. The van der Waals surface area contributed by atoms with Crippen LogP contribution in [-0.4, -0.2) is 0 Å². The van der Waals surface area contributed by atoms with Gasteiger partial charge < -0.3 is 4.42 Å². The van der Waals surface area contributed by atoms with E-state index in [1.54, 1.807) is 0 Å². The Morgan fingerprint density at radius 3 is 1.95 bits per heavy atom. The average molecular weight is 248 g/mol. The minimum atomic E-state index is 0.962. The molecule has 0 atom stereocenters. The highest BCUT2D eigenvalue weighted by Gasteiger charge is 2.15. The van der Waals surface area contributed by atoms with Crippen molar-refractivity contribution in [3.63, 3.8) is 0 Å². The maximum Gasteiger partial charge on any atom is 0.141 e. The Bertz CT molecular complexity index is 651. The average Bonchev–Trinajstić information content (AvgIpc) is 2.93. The maximum atomic E-state index is 5.83. The van der Waals surface area contributed by atoms with E-state index in [4.69, 9.17) is 4.42 Å². The van der Waals surface area contributed by atoms with Crippen molar-refractivity contribution in [2.75, 3.05) is 0 Å². The summed E-state index contributed by atoms with van der Waals surface area (Å²) in [6.45, 7) is 2.16. The SMILES string of the molecule is CCc1coc(-c2ccccc2)c1-c1ccccc1. The lowest BCUT2D eigenvalue weighted by molar-refractivity contribution is 0.579. The van der Waals surface area contributed by atoms with Crippen molar-refractivity contribution < 1.29 is 4.42 Å². The summed E-state index contributed by atoms with van der Waals surface area (Å²) in [7, 11) is 0. The van der Waals surface area contributed by atoms with Crippen LogP contribution >= 0.6 is 0 Å². The fourth-order valence-corrected chi connectivity index (χ4v) is 2.38. The molecule has 1 aromatic heterocycles. The van der Waals surface area contributed by atoms with Crippen LogP contribution in [0.2, 0.25) is 0 Å². The fourth-order valence-electron chi connectivity index (χ4n) is 2.38. The molecular formula is C18H16O. The van der Waals surface area contributed by atoms with E-state index in [-0.39, 0.29) is 0 Å². The van der Waals surface area contributed by atoms with E-state index in [1.807, 2.05) is 30.5 Å². The predicted octanol–water partition coefficient (Wildman–Crippen LogP) is 5.18. The topological polar surface area (TPSA) is 13.1 Å². The molecule has 1 nitrogen and oxygen atoms in total. The lowest BCUT2D eigenvalue weighted by Crippen LogP contribution is -1.85. The van der Waals surface area contributed by atoms with Crippen molar-refractivity contribution in [3.8, 4) is 22.5 Å². The molecule has 0 saturated heterocycles. The quantitative estimate of drug-likeness (QED) is 0.622. The highest BCUT2D eigenvalue weighted by atomic mass is 16.3. The van der Waals surface area contributed by atoms with Crippen LogP contribution in [-0.2, 0) is 6.42 Å². The second kappa shape index (κ2) is 5.15. The second-order valence-electron chi connectivity index (χ2n) is 4.55. The van der Waals surface area contributed by atoms with Gasteiger partial charge in [0, 0.05) is 11.1 Å². The van der Waals surface area contributed by atoms with Gasteiger partial charge in [-0.3, -0.25) is 0 Å². The first-order chi connectivity index (χ1) is 9.40. The van der Waals surface area contributed by atoms with Crippen molar-refractivity contribution in [2.45, 2.75) is 13.3 Å². The number of furan rings is 1. The van der Waals surface area contributed by atoms with Gasteiger partial charge in [-0.25, -0.2) is 0 Å². The molecule has 1 heterocycles. The molecule has 0 radical (unpaired) electrons. The molecule has 0 aliphatic heterocycles. The van der Waals surface area contributed by atoms with Gasteiger partial charge in [0.15, 0.2) is 0 Å². The molecule has 0 saturated carbocycles. The summed E-state index contributed by atoms with van der Waals surface area (Å²) in [6, 6.07) is 20.7. The summed E-state index contributed by atoms with van der Waals surface area (Å²) in [5.41, 5.74) is 4.81. The van der Waals surface area contributed by atoms with E-state index >= 15 is 0 Å². The monoisotopic (exact) mass is 248 g/mol. The minimum absolute atomic E-state index is 0.962. The van der Waals surface area contributed by atoms with Crippen molar-refractivity contribution >= 4 is 0 Å². The molecule has 0 amide bonds. The third-order valence-corrected chi connectivity index (χ3v) is 3.35. The molecule has 94 valence electrons. The lowest BCUT2D eigenvalue weighted by atomic mass is 9.97. The van der Waals surface area contributed by atoms with E-state index in [0.29, 0.717) is 0 Å². The first-order valence-corrected chi connectivity index (χ1v) is 6.61. The van der Waals surface area contributed by atoms with E-state index < -0.39 is 0 Å². The number of aryl methyl sites for hydroxylation is 1. The zero-order chi connectivity index (χ0) is 13.1. The second-order valence-corrected chi connectivity index (χ2v) is 4.55. The molecule has 3 aromatic rings. The van der Waals surface area contributed by atoms with E-state index in [1.165, 1.54) is 16.7 Å². The summed E-state index contributed by atoms with van der Waals surface area (Å²) >= 11 is 0. The molecule has 1 heteroatoms. The normalized spacial score (nSPS) is 10.6. The molecule has 0 aliphatic rings. The van der Waals surface area contributed by atoms with Crippen LogP contribution in [0.4, 0.5) is 0 Å². The third-order valence-electron chi connectivity index (χ3n) is 3.35. The van der Waals surface area contributed by atoms with Crippen LogP contribution in [0.5, 0.6) is 0 Å². The van der Waals surface area contributed by atoms with Gasteiger partial charge in [-0.1, -0.05) is 67.6 Å². The Labute approximate surface area is 113 Å². The number of hydrogen-bond acceptors (Lipinski definition) is 1. The fraction of sp³-hybridized carbons (Fsp3) is 0.111. The number of rotatable bonds is 3. The molecule has 0 spiro atoms. The first-order valence-electron chi connectivity index (χ1n) is 6.61. The summed E-state index contributed by atoms with van der Waals surface area (Å²) in [6.07, 6.45) is 2.85. The van der Waals surface area contributed by atoms with Crippen LogP contribution in [0.15, 0.2) is 71.3 Å². The Hall–Kier alpha value is -2.28. The van der Waals surface area contributed by atoms with Crippen LogP contribution in [0.25, 0.3) is 22.5 Å². The van der Waals surface area contributed by atoms with Crippen molar-refractivity contribution in [2.24, 2.45) is 0 Å². The lowest BCUT2D eigenvalue weighted by Gasteiger charge is -2.05. The molecular weight excluding hydrogens is 232 g/mol. The standard InChI is InChI=1S/C18H16O/c1-2-14-13-19-18(16-11-7-4-8-12-16)17(14)15-9-5-3-6-10-15/h3-13H,2H2,1H3. The molecule has 0 fully saturated rings. The highest BCUT2D eigenvalue weighted by molar-refractivity contribution is 5.82. The Morgan fingerprint density at radius 2 is 1.37 bits per heavy atom. The molecule has 0 aliphatic carbocycles. The van der Waals surface area contributed by atoms with Gasteiger partial charge in [0.05, 0.1) is 6.26 Å². The highest BCUT2D eigenvalue weighted by Crippen LogP contribution is 2.36. The van der Waals surface area contributed by atoms with Crippen LogP contribution in [0.3, 0.4) is 0 Å². The number of hydrogen-bond donors (Lipinski definition) is 0. The number of benzene rings is 2. The molecule has 2 aromatic carbocycles. The Morgan fingerprint density at radius 1 is 0.789 bits per heavy atom. The maximum absolute atomic E-state index is 5.83. The van der Waals surface area contributed by atoms with Gasteiger partial charge in [0.1, 0.15) is 5.76 Å². The first kappa shape index (κ1) is 11.8. The predicted molar refractivity (Wildman–Crippen MR) is 79.0 cm³/mol. The Balaban J connectivity index is 2.20. The summed E-state index contributed by atoms with van der Waals surface area (Å²) in [4.78, 5) is 0. The minimum Gasteiger partial charge on any atom is -0.463 e. The van der Waals surface area contributed by atoms with Gasteiger partial charge >= 0.3 is 0 Å². The van der Waals surface area contributed by atoms with Gasteiger partial charge in [0.25, 0.3) is 0 Å². The van der Waals surface area contributed by atoms with Crippen molar-refractivity contribution in [1.29, 1.82) is 0 Å². The van der Waals surface area contributed by atoms with Gasteiger partial charge in [-0.15, -0.1) is 0 Å². The smallest absolute Gasteiger partial charge is 0.141 e. The summed E-state index contributed by atoms with van der Waals surface area (Å²) in [5.74, 6) is 0.962. The van der Waals surface area contributed by atoms with Crippen LogP contribution < -0.4 is 0 Å². The van der Waals surface area contributed by atoms with Crippen LogP contribution in [0, 0.1) is 0 Å². The Kier molecular flexibility index (Phi) is 3.20. The largest absolute Gasteiger partial charge is 0.463 e. The molecule has 0 unspecified atom stereocenters. The summed E-state index contributed by atoms with van der Waals surface area (Å²) < 4.78 is 5.83. The van der Waals surface area contributed by atoms with Gasteiger partial charge in [-0.2, -0.15) is 0 Å². The zero-order valence-electron chi connectivity index (χ0n) is 11.0. The molecule has 3 rings (SSSR count). The van der Waals surface area contributed by atoms with E-state index in [0.717, 1.165) is 17.7 Å². The van der Waals surface area contributed by atoms with E-state index in [9.17, 15) is 0 Å². The van der Waals surface area contributed by atoms with E-state index in [2.05, 4.69) is 43.3 Å². The van der Waals surface area contributed by atoms with Crippen molar-refractivity contribution in [1.82, 2.24) is 0 Å². The molecule has 19 heavy (non-hydrogen) atoms. The van der Waals surface area contributed by atoms with Crippen LogP contribution in [0.1, 0.15) is 12.5 Å².